The third-order valence-corrected chi connectivity index (χ3v) is 3.06. The minimum atomic E-state index is 0.193. The molecule has 0 saturated carbocycles. The molecule has 74 valence electrons. The standard InChI is InChI=1S/C12H16N2/c1-2-12(14-13)11-8-7-9-5-3-4-6-10(9)11/h2-6,11-12,14H,1,7-8,13H2. The Bertz CT molecular complexity index is 333. The van der Waals surface area contributed by atoms with Crippen LogP contribution in [0.5, 0.6) is 0 Å². The Labute approximate surface area is 84.8 Å². The largest absolute Gasteiger partial charge is 0.271 e. The molecule has 1 aliphatic rings. The molecule has 1 aromatic carbocycles. The van der Waals surface area contributed by atoms with E-state index < -0.39 is 0 Å². The molecular weight excluding hydrogens is 172 g/mol. The topological polar surface area (TPSA) is 38.0 Å². The van der Waals surface area contributed by atoms with Gasteiger partial charge in [-0.25, -0.2) is 0 Å². The van der Waals surface area contributed by atoms with Crippen molar-refractivity contribution in [1.29, 1.82) is 0 Å². The van der Waals surface area contributed by atoms with E-state index in [4.69, 9.17) is 5.84 Å². The summed E-state index contributed by atoms with van der Waals surface area (Å²) in [5, 5.41) is 0. The SMILES string of the molecule is C=CC(NN)C1CCc2ccccc21. The molecule has 0 aliphatic heterocycles. The lowest BCUT2D eigenvalue weighted by atomic mass is 9.94. The first-order chi connectivity index (χ1) is 6.86. The fourth-order valence-electron chi connectivity index (χ4n) is 2.31. The van der Waals surface area contributed by atoms with Gasteiger partial charge < -0.3 is 0 Å². The van der Waals surface area contributed by atoms with Gasteiger partial charge in [-0.3, -0.25) is 11.3 Å². The van der Waals surface area contributed by atoms with Crippen LogP contribution in [0, 0.1) is 0 Å². The Morgan fingerprint density at radius 1 is 1.50 bits per heavy atom. The zero-order valence-corrected chi connectivity index (χ0v) is 8.24. The molecule has 0 heterocycles. The summed E-state index contributed by atoms with van der Waals surface area (Å²) in [6.07, 6.45) is 4.22. The van der Waals surface area contributed by atoms with E-state index >= 15 is 0 Å². The van der Waals surface area contributed by atoms with Gasteiger partial charge in [-0.05, 0) is 24.0 Å². The van der Waals surface area contributed by atoms with E-state index in [-0.39, 0.29) is 6.04 Å². The van der Waals surface area contributed by atoms with Gasteiger partial charge in [0.15, 0.2) is 0 Å². The number of hydrogen-bond acceptors (Lipinski definition) is 2. The Balaban J connectivity index is 2.29. The molecule has 2 rings (SSSR count). The van der Waals surface area contributed by atoms with Crippen LogP contribution in [-0.4, -0.2) is 6.04 Å². The molecule has 0 saturated heterocycles. The molecule has 14 heavy (non-hydrogen) atoms. The summed E-state index contributed by atoms with van der Waals surface area (Å²) in [4.78, 5) is 0. The quantitative estimate of drug-likeness (QED) is 0.431. The molecule has 1 aromatic rings. The van der Waals surface area contributed by atoms with Crippen LogP contribution in [-0.2, 0) is 6.42 Å². The van der Waals surface area contributed by atoms with E-state index in [9.17, 15) is 0 Å². The van der Waals surface area contributed by atoms with Gasteiger partial charge in [0.25, 0.3) is 0 Å². The maximum Gasteiger partial charge on any atom is 0.0456 e. The average Bonchev–Trinajstić information content (AvgIpc) is 2.65. The Morgan fingerprint density at radius 2 is 2.29 bits per heavy atom. The molecule has 0 bridgehead atoms. The van der Waals surface area contributed by atoms with Gasteiger partial charge >= 0.3 is 0 Å². The minimum Gasteiger partial charge on any atom is -0.271 e. The van der Waals surface area contributed by atoms with E-state index in [2.05, 4.69) is 36.3 Å². The molecule has 0 radical (unpaired) electrons. The molecule has 1 aliphatic carbocycles. The molecule has 2 unspecified atom stereocenters. The number of rotatable bonds is 3. The maximum absolute atomic E-state index is 5.50. The number of aryl methyl sites for hydroxylation is 1. The van der Waals surface area contributed by atoms with E-state index in [0.717, 1.165) is 6.42 Å². The third kappa shape index (κ3) is 1.47. The normalized spacial score (nSPS) is 21.6. The van der Waals surface area contributed by atoms with Crippen molar-refractivity contribution in [3.8, 4) is 0 Å². The van der Waals surface area contributed by atoms with Gasteiger partial charge in [0.05, 0.1) is 0 Å². The van der Waals surface area contributed by atoms with Crippen molar-refractivity contribution in [2.24, 2.45) is 5.84 Å². The highest BCUT2D eigenvalue weighted by Gasteiger charge is 2.26. The smallest absolute Gasteiger partial charge is 0.0456 e. The number of hydrogen-bond donors (Lipinski definition) is 2. The molecule has 0 amide bonds. The first-order valence-corrected chi connectivity index (χ1v) is 5.03. The zero-order valence-electron chi connectivity index (χ0n) is 8.24. The number of benzene rings is 1. The van der Waals surface area contributed by atoms with Gasteiger partial charge in [-0.15, -0.1) is 6.58 Å². The van der Waals surface area contributed by atoms with Crippen LogP contribution in [0.25, 0.3) is 0 Å². The van der Waals surface area contributed by atoms with Gasteiger partial charge in [0, 0.05) is 12.0 Å². The number of nitrogens with one attached hydrogen (secondary N) is 1. The van der Waals surface area contributed by atoms with Crippen molar-refractivity contribution in [3.05, 3.63) is 48.0 Å². The van der Waals surface area contributed by atoms with E-state index in [0.29, 0.717) is 5.92 Å². The number of fused-ring (bicyclic) bond motifs is 1. The van der Waals surface area contributed by atoms with E-state index in [1.165, 1.54) is 17.5 Å². The van der Waals surface area contributed by atoms with Gasteiger partial charge in [-0.2, -0.15) is 0 Å². The number of hydrazine groups is 1. The second-order valence-electron chi connectivity index (χ2n) is 3.77. The fraction of sp³-hybridized carbons (Fsp3) is 0.333. The highest BCUT2D eigenvalue weighted by molar-refractivity contribution is 5.36. The minimum absolute atomic E-state index is 0.193. The predicted octanol–water partition coefficient (Wildman–Crippen LogP) is 1.73. The molecule has 2 nitrogen and oxygen atoms in total. The summed E-state index contributed by atoms with van der Waals surface area (Å²) in [7, 11) is 0. The summed E-state index contributed by atoms with van der Waals surface area (Å²) in [5.74, 6) is 5.99. The predicted molar refractivity (Wildman–Crippen MR) is 58.8 cm³/mol. The molecule has 2 atom stereocenters. The second kappa shape index (κ2) is 3.95. The van der Waals surface area contributed by atoms with Crippen molar-refractivity contribution in [1.82, 2.24) is 5.43 Å². The molecule has 2 heteroatoms. The summed E-state index contributed by atoms with van der Waals surface area (Å²) < 4.78 is 0. The lowest BCUT2D eigenvalue weighted by Crippen LogP contribution is -2.37. The monoisotopic (exact) mass is 188 g/mol. The van der Waals surface area contributed by atoms with Crippen LogP contribution >= 0.6 is 0 Å². The summed E-state index contributed by atoms with van der Waals surface area (Å²) >= 11 is 0. The third-order valence-electron chi connectivity index (χ3n) is 3.06. The molecule has 0 aromatic heterocycles. The van der Waals surface area contributed by atoms with Gasteiger partial charge in [0.1, 0.15) is 0 Å². The summed E-state index contributed by atoms with van der Waals surface area (Å²) in [6, 6.07) is 8.78. The van der Waals surface area contributed by atoms with Crippen LogP contribution in [0.3, 0.4) is 0 Å². The fourth-order valence-corrected chi connectivity index (χ4v) is 2.31. The zero-order chi connectivity index (χ0) is 9.97. The van der Waals surface area contributed by atoms with Crippen LogP contribution in [0.4, 0.5) is 0 Å². The number of nitrogens with two attached hydrogens (primary N) is 1. The highest BCUT2D eigenvalue weighted by atomic mass is 15.2. The first kappa shape index (κ1) is 9.44. The molecule has 0 fully saturated rings. The molecular formula is C12H16N2. The lowest BCUT2D eigenvalue weighted by Gasteiger charge is -2.19. The van der Waals surface area contributed by atoms with Crippen LogP contribution in [0.2, 0.25) is 0 Å². The van der Waals surface area contributed by atoms with Crippen molar-refractivity contribution in [2.75, 3.05) is 0 Å². The van der Waals surface area contributed by atoms with Crippen LogP contribution in [0.1, 0.15) is 23.5 Å². The highest BCUT2D eigenvalue weighted by Crippen LogP contribution is 2.35. The van der Waals surface area contributed by atoms with Crippen molar-refractivity contribution in [2.45, 2.75) is 24.8 Å². The maximum atomic E-state index is 5.50. The first-order valence-electron chi connectivity index (χ1n) is 5.03. The Morgan fingerprint density at radius 3 is 3.00 bits per heavy atom. The molecule has 0 spiro atoms. The van der Waals surface area contributed by atoms with Crippen molar-refractivity contribution < 1.29 is 0 Å². The Hall–Kier alpha value is -1.12. The second-order valence-corrected chi connectivity index (χ2v) is 3.77. The van der Waals surface area contributed by atoms with Crippen molar-refractivity contribution in [3.63, 3.8) is 0 Å². The summed E-state index contributed by atoms with van der Waals surface area (Å²) in [6.45, 7) is 3.81. The van der Waals surface area contributed by atoms with E-state index in [1.807, 2.05) is 6.08 Å². The summed E-state index contributed by atoms with van der Waals surface area (Å²) in [5.41, 5.74) is 5.70. The van der Waals surface area contributed by atoms with Crippen molar-refractivity contribution >= 4 is 0 Å². The average molecular weight is 188 g/mol. The van der Waals surface area contributed by atoms with Crippen LogP contribution in [0.15, 0.2) is 36.9 Å². The lowest BCUT2D eigenvalue weighted by molar-refractivity contribution is 0.507. The van der Waals surface area contributed by atoms with Crippen LogP contribution < -0.4 is 11.3 Å². The van der Waals surface area contributed by atoms with Gasteiger partial charge in [-0.1, -0.05) is 30.3 Å². The van der Waals surface area contributed by atoms with E-state index in [1.54, 1.807) is 0 Å². The molecule has 3 N–H and O–H groups in total. The Kier molecular flexibility index (Phi) is 2.66. The van der Waals surface area contributed by atoms with Gasteiger partial charge in [0.2, 0.25) is 0 Å².